The fourth-order valence-corrected chi connectivity index (χ4v) is 7.16. The molecule has 0 aromatic rings. The summed E-state index contributed by atoms with van der Waals surface area (Å²) in [5, 5.41) is -1.10. The monoisotopic (exact) mass is 396 g/mol. The van der Waals surface area contributed by atoms with Crippen molar-refractivity contribution in [2.24, 2.45) is 11.8 Å². The van der Waals surface area contributed by atoms with Gasteiger partial charge in [-0.05, 0) is 51.4 Å². The molecule has 2 saturated carbocycles. The van der Waals surface area contributed by atoms with Gasteiger partial charge < -0.3 is 0 Å². The van der Waals surface area contributed by atoms with Gasteiger partial charge in [0, 0.05) is 0 Å². The zero-order valence-electron chi connectivity index (χ0n) is 15.4. The first kappa shape index (κ1) is 21.1. The second kappa shape index (κ2) is 9.15. The Morgan fingerprint density at radius 2 is 1.00 bits per heavy atom. The predicted molar refractivity (Wildman–Crippen MR) is 97.0 cm³/mol. The van der Waals surface area contributed by atoms with Gasteiger partial charge in [0.15, 0.2) is 0 Å². The van der Waals surface area contributed by atoms with Gasteiger partial charge in [0.2, 0.25) is 5.08 Å². The normalized spacial score (nSPS) is 24.1. The minimum absolute atomic E-state index is 0.174. The third-order valence-corrected chi connectivity index (χ3v) is 9.02. The molecule has 0 amide bonds. The molecule has 2 unspecified atom stereocenters. The molecule has 0 aliphatic heterocycles. The van der Waals surface area contributed by atoms with E-state index in [1.54, 1.807) is 13.8 Å². The number of hydrogen-bond acceptors (Lipinski definition) is 6. The Kier molecular flexibility index (Phi) is 7.73. The molecule has 2 atom stereocenters. The molecule has 0 bridgehead atoms. The standard InChI is InChI=1S/C17H32O6S2/c1-14(16-9-5-3-6-10-16)22-24(18,19)13-25(20,21)23-15(2)17-11-7-4-8-12-17/h14-17H,3-13H2,1-2H3. The van der Waals surface area contributed by atoms with Crippen LogP contribution in [-0.4, -0.2) is 34.1 Å². The van der Waals surface area contributed by atoms with Gasteiger partial charge in [0.1, 0.15) is 0 Å². The average Bonchev–Trinajstić information content (AvgIpc) is 2.54. The summed E-state index contributed by atoms with van der Waals surface area (Å²) < 4.78 is 59.0. The summed E-state index contributed by atoms with van der Waals surface area (Å²) in [5.74, 6) is 0.349. The summed E-state index contributed by atoms with van der Waals surface area (Å²) in [5.41, 5.74) is 0. The van der Waals surface area contributed by atoms with Crippen molar-refractivity contribution in [2.75, 3.05) is 5.08 Å². The molecule has 2 rings (SSSR count). The van der Waals surface area contributed by atoms with Gasteiger partial charge in [-0.2, -0.15) is 16.8 Å². The Hall–Kier alpha value is -0.180. The molecule has 0 spiro atoms. The van der Waals surface area contributed by atoms with E-state index in [-0.39, 0.29) is 11.8 Å². The summed E-state index contributed by atoms with van der Waals surface area (Å²) in [6, 6.07) is 0. The summed E-state index contributed by atoms with van der Waals surface area (Å²) in [6.07, 6.45) is 9.34. The highest BCUT2D eigenvalue weighted by atomic mass is 32.3. The first-order valence-electron chi connectivity index (χ1n) is 9.50. The molecule has 6 nitrogen and oxygen atoms in total. The van der Waals surface area contributed by atoms with E-state index in [2.05, 4.69) is 0 Å². The summed E-state index contributed by atoms with van der Waals surface area (Å²) in [6.45, 7) is 3.43. The van der Waals surface area contributed by atoms with Crippen LogP contribution >= 0.6 is 0 Å². The van der Waals surface area contributed by atoms with Gasteiger partial charge in [-0.25, -0.2) is 0 Å². The molecule has 148 valence electrons. The Bertz CT molecular complexity index is 547. The molecule has 0 aromatic carbocycles. The minimum Gasteiger partial charge on any atom is -0.266 e. The molecular formula is C17H32O6S2. The van der Waals surface area contributed by atoms with Gasteiger partial charge in [0.25, 0.3) is 20.2 Å². The second-order valence-electron chi connectivity index (χ2n) is 7.63. The van der Waals surface area contributed by atoms with Crippen LogP contribution in [0, 0.1) is 11.8 Å². The van der Waals surface area contributed by atoms with Crippen LogP contribution in [-0.2, 0) is 28.6 Å². The fraction of sp³-hybridized carbons (Fsp3) is 1.00. The topological polar surface area (TPSA) is 86.7 Å². The quantitative estimate of drug-likeness (QED) is 0.583. The van der Waals surface area contributed by atoms with E-state index in [0.29, 0.717) is 0 Å². The van der Waals surface area contributed by atoms with Crippen LogP contribution < -0.4 is 0 Å². The first-order chi connectivity index (χ1) is 11.7. The summed E-state index contributed by atoms with van der Waals surface area (Å²) in [4.78, 5) is 0. The molecule has 8 heteroatoms. The molecule has 2 aliphatic rings. The Labute approximate surface area is 152 Å². The van der Waals surface area contributed by atoms with Crippen molar-refractivity contribution in [1.82, 2.24) is 0 Å². The Balaban J connectivity index is 1.88. The minimum atomic E-state index is -4.18. The molecule has 0 saturated heterocycles. The molecular weight excluding hydrogens is 364 g/mol. The molecule has 2 fully saturated rings. The van der Waals surface area contributed by atoms with Crippen LogP contribution in [0.2, 0.25) is 0 Å². The highest BCUT2D eigenvalue weighted by Gasteiger charge is 2.32. The Morgan fingerprint density at radius 1 is 0.680 bits per heavy atom. The number of rotatable bonds is 8. The fourth-order valence-electron chi connectivity index (χ4n) is 4.06. The molecule has 0 radical (unpaired) electrons. The van der Waals surface area contributed by atoms with Crippen LogP contribution in [0.15, 0.2) is 0 Å². The lowest BCUT2D eigenvalue weighted by molar-refractivity contribution is 0.126. The Morgan fingerprint density at radius 3 is 1.32 bits per heavy atom. The van der Waals surface area contributed by atoms with Crippen molar-refractivity contribution in [3.63, 3.8) is 0 Å². The van der Waals surface area contributed by atoms with Gasteiger partial charge >= 0.3 is 0 Å². The van der Waals surface area contributed by atoms with Crippen LogP contribution in [0.4, 0.5) is 0 Å². The largest absolute Gasteiger partial charge is 0.284 e. The lowest BCUT2D eigenvalue weighted by Gasteiger charge is -2.28. The van der Waals surface area contributed by atoms with Gasteiger partial charge in [-0.3, -0.25) is 8.37 Å². The third kappa shape index (κ3) is 7.15. The third-order valence-electron chi connectivity index (χ3n) is 5.51. The SMILES string of the molecule is CC(OS(=O)(=O)CS(=O)(=O)OC(C)C1CCCCC1)C1CCCCC1. The van der Waals surface area contributed by atoms with E-state index in [1.807, 2.05) is 0 Å². The zero-order valence-corrected chi connectivity index (χ0v) is 17.0. The van der Waals surface area contributed by atoms with Gasteiger partial charge in [0.05, 0.1) is 12.2 Å². The summed E-state index contributed by atoms with van der Waals surface area (Å²) in [7, 11) is -8.35. The van der Waals surface area contributed by atoms with Crippen molar-refractivity contribution in [3.05, 3.63) is 0 Å². The molecule has 2 aliphatic carbocycles. The summed E-state index contributed by atoms with van der Waals surface area (Å²) >= 11 is 0. The van der Waals surface area contributed by atoms with E-state index >= 15 is 0 Å². The van der Waals surface area contributed by atoms with E-state index in [0.717, 1.165) is 64.2 Å². The maximum absolute atomic E-state index is 12.2. The van der Waals surface area contributed by atoms with Crippen LogP contribution in [0.1, 0.15) is 78.1 Å². The maximum atomic E-state index is 12.2. The van der Waals surface area contributed by atoms with Crippen molar-refractivity contribution < 1.29 is 25.2 Å². The highest BCUT2D eigenvalue weighted by molar-refractivity contribution is 8.03. The smallest absolute Gasteiger partial charge is 0.266 e. The maximum Gasteiger partial charge on any atom is 0.284 e. The zero-order chi connectivity index (χ0) is 18.5. The lowest BCUT2D eigenvalue weighted by atomic mass is 9.86. The van der Waals surface area contributed by atoms with Crippen molar-refractivity contribution >= 4 is 20.2 Å². The van der Waals surface area contributed by atoms with Crippen LogP contribution in [0.25, 0.3) is 0 Å². The van der Waals surface area contributed by atoms with Crippen molar-refractivity contribution in [3.8, 4) is 0 Å². The van der Waals surface area contributed by atoms with Gasteiger partial charge in [-0.15, -0.1) is 0 Å². The first-order valence-corrected chi connectivity index (χ1v) is 12.7. The van der Waals surface area contributed by atoms with Crippen molar-refractivity contribution in [2.45, 2.75) is 90.3 Å². The van der Waals surface area contributed by atoms with Crippen LogP contribution in [0.5, 0.6) is 0 Å². The van der Waals surface area contributed by atoms with E-state index in [1.165, 1.54) is 0 Å². The molecule has 25 heavy (non-hydrogen) atoms. The average molecular weight is 397 g/mol. The van der Waals surface area contributed by atoms with Gasteiger partial charge in [-0.1, -0.05) is 38.5 Å². The number of hydrogen-bond donors (Lipinski definition) is 0. The lowest BCUT2D eigenvalue weighted by Crippen LogP contribution is -2.32. The van der Waals surface area contributed by atoms with E-state index in [9.17, 15) is 16.8 Å². The van der Waals surface area contributed by atoms with E-state index < -0.39 is 37.5 Å². The van der Waals surface area contributed by atoms with Crippen LogP contribution in [0.3, 0.4) is 0 Å². The second-order valence-corrected chi connectivity index (χ2v) is 11.2. The molecule has 0 heterocycles. The highest BCUT2D eigenvalue weighted by Crippen LogP contribution is 2.30. The predicted octanol–water partition coefficient (Wildman–Crippen LogP) is 3.57. The molecule has 0 aromatic heterocycles. The van der Waals surface area contributed by atoms with Crippen molar-refractivity contribution in [1.29, 1.82) is 0 Å². The molecule has 0 N–H and O–H groups in total. The van der Waals surface area contributed by atoms with E-state index in [4.69, 9.17) is 8.37 Å².